The van der Waals surface area contributed by atoms with Crippen LogP contribution in [0.5, 0.6) is 0 Å². The summed E-state index contributed by atoms with van der Waals surface area (Å²) >= 11 is 0. The molecule has 3 amide bonds. The molecule has 1 aromatic rings. The van der Waals surface area contributed by atoms with Crippen LogP contribution in [-0.2, 0) is 14.4 Å². The van der Waals surface area contributed by atoms with Gasteiger partial charge in [-0.2, -0.15) is 0 Å². The smallest absolute Gasteiger partial charge is 0.271 e. The molecule has 1 aliphatic heterocycles. The van der Waals surface area contributed by atoms with E-state index in [-0.39, 0.29) is 60.0 Å². The van der Waals surface area contributed by atoms with E-state index in [9.17, 15) is 24.5 Å². The Morgan fingerprint density at radius 3 is 2.39 bits per heavy atom. The van der Waals surface area contributed by atoms with Crippen LogP contribution in [0.4, 0.5) is 11.4 Å². The number of nitro groups is 1. The summed E-state index contributed by atoms with van der Waals surface area (Å²) in [6.45, 7) is 0.0419. The van der Waals surface area contributed by atoms with Crippen LogP contribution in [0.15, 0.2) is 36.4 Å². The molecule has 1 aromatic carbocycles. The monoisotopic (exact) mass is 381 g/mol. The van der Waals surface area contributed by atoms with E-state index in [1.165, 1.54) is 23.1 Å². The van der Waals surface area contributed by atoms with Gasteiger partial charge in [-0.15, -0.1) is 0 Å². The number of hydrogen-bond donors (Lipinski definition) is 1. The van der Waals surface area contributed by atoms with Crippen LogP contribution in [-0.4, -0.2) is 34.1 Å². The summed E-state index contributed by atoms with van der Waals surface area (Å²) in [5.41, 5.74) is 0.197. The number of non-ortho nitro benzene ring substituents is 1. The number of rotatable bonds is 5. The first-order valence-corrected chi connectivity index (χ1v) is 9.53. The number of anilines is 1. The van der Waals surface area contributed by atoms with Gasteiger partial charge in [-0.05, 0) is 36.2 Å². The average molecular weight is 381 g/mol. The molecule has 0 unspecified atom stereocenters. The predicted molar refractivity (Wildman–Crippen MR) is 97.8 cm³/mol. The Morgan fingerprint density at radius 1 is 1.14 bits per heavy atom. The molecule has 4 aliphatic carbocycles. The van der Waals surface area contributed by atoms with Crippen molar-refractivity contribution in [1.29, 1.82) is 0 Å². The highest BCUT2D eigenvalue weighted by Crippen LogP contribution is 2.65. The van der Waals surface area contributed by atoms with E-state index in [0.29, 0.717) is 17.5 Å². The Bertz CT molecular complexity index is 906. The van der Waals surface area contributed by atoms with Crippen LogP contribution < -0.4 is 5.32 Å². The van der Waals surface area contributed by atoms with E-state index in [4.69, 9.17) is 0 Å². The summed E-state index contributed by atoms with van der Waals surface area (Å²) in [4.78, 5) is 49.5. The van der Waals surface area contributed by atoms with Crippen molar-refractivity contribution in [2.75, 3.05) is 11.9 Å². The third-order valence-electron chi connectivity index (χ3n) is 6.66. The molecule has 5 aliphatic rings. The van der Waals surface area contributed by atoms with E-state index >= 15 is 0 Å². The lowest BCUT2D eigenvalue weighted by Gasteiger charge is -2.37. The Hall–Kier alpha value is -3.03. The quantitative estimate of drug-likeness (QED) is 0.363. The van der Waals surface area contributed by atoms with E-state index in [2.05, 4.69) is 17.5 Å². The van der Waals surface area contributed by atoms with E-state index in [0.717, 1.165) is 6.42 Å². The molecule has 8 nitrogen and oxygen atoms in total. The molecule has 1 N–H and O–H groups in total. The van der Waals surface area contributed by atoms with Crippen LogP contribution in [0.1, 0.15) is 12.8 Å². The van der Waals surface area contributed by atoms with Gasteiger partial charge < -0.3 is 5.32 Å². The average Bonchev–Trinajstić information content (AvgIpc) is 3.45. The van der Waals surface area contributed by atoms with Gasteiger partial charge in [0.1, 0.15) is 0 Å². The predicted octanol–water partition coefficient (Wildman–Crippen LogP) is 1.98. The highest BCUT2D eigenvalue weighted by Gasteiger charge is 2.66. The van der Waals surface area contributed by atoms with E-state index in [1.807, 2.05) is 0 Å². The summed E-state index contributed by atoms with van der Waals surface area (Å²) in [6, 6.07) is 5.65. The van der Waals surface area contributed by atoms with Gasteiger partial charge >= 0.3 is 0 Å². The molecule has 8 heteroatoms. The van der Waals surface area contributed by atoms with Crippen molar-refractivity contribution in [2.24, 2.45) is 35.5 Å². The lowest BCUT2D eigenvalue weighted by molar-refractivity contribution is -0.384. The number of nitrogens with one attached hydrogen (secondary N) is 1. The first-order valence-electron chi connectivity index (χ1n) is 9.53. The van der Waals surface area contributed by atoms with Gasteiger partial charge in [0.15, 0.2) is 0 Å². The Balaban J connectivity index is 1.23. The molecule has 6 atom stereocenters. The molecule has 1 saturated heterocycles. The standard InChI is InChI=1S/C20H19N3O5/c24-16(21-10-2-1-3-11(8-10)23(27)28)6-7-22-19(25)17-12-4-5-13(15-9-14(12)15)18(17)20(22)26/h1-5,8,12-15,17-18H,6-7,9H2,(H,21,24)/t12-,13-,14-,15-,17-,18+/m0/s1. The Kier molecular flexibility index (Phi) is 3.65. The van der Waals surface area contributed by atoms with Crippen molar-refractivity contribution < 1.29 is 19.3 Å². The number of nitro benzene ring substituents is 1. The molecule has 144 valence electrons. The molecule has 6 rings (SSSR count). The minimum atomic E-state index is -0.536. The van der Waals surface area contributed by atoms with Crippen molar-refractivity contribution >= 4 is 29.1 Å². The molecule has 0 radical (unpaired) electrons. The third-order valence-corrected chi connectivity index (χ3v) is 6.66. The first kappa shape index (κ1) is 17.1. The zero-order chi connectivity index (χ0) is 19.6. The van der Waals surface area contributed by atoms with Gasteiger partial charge in [0.05, 0.1) is 16.8 Å². The minimum Gasteiger partial charge on any atom is -0.326 e. The molecule has 2 saturated carbocycles. The second kappa shape index (κ2) is 5.98. The number of imide groups is 1. The number of allylic oxidation sites excluding steroid dienone is 2. The summed E-state index contributed by atoms with van der Waals surface area (Å²) < 4.78 is 0. The lowest BCUT2D eigenvalue weighted by atomic mass is 9.63. The fourth-order valence-corrected chi connectivity index (χ4v) is 5.37. The number of likely N-dealkylation sites (tertiary alicyclic amines) is 1. The molecular formula is C20H19N3O5. The maximum atomic E-state index is 12.9. The number of benzene rings is 1. The number of nitrogens with zero attached hydrogens (tertiary/aromatic N) is 2. The third kappa shape index (κ3) is 2.47. The van der Waals surface area contributed by atoms with Crippen molar-refractivity contribution in [3.8, 4) is 0 Å². The van der Waals surface area contributed by atoms with Gasteiger partial charge in [-0.1, -0.05) is 18.2 Å². The SMILES string of the molecule is O=C(CCN1C(=O)[C@@H]2[C@H]3C=C[C@@H]([C@@H]4C[C@@H]34)[C@@H]2C1=O)Nc1cccc([N+](=O)[O-])c1. The van der Waals surface area contributed by atoms with Gasteiger partial charge in [0, 0.05) is 30.8 Å². The number of amides is 3. The first-order chi connectivity index (χ1) is 13.5. The zero-order valence-corrected chi connectivity index (χ0v) is 15.0. The minimum absolute atomic E-state index is 0.0325. The summed E-state index contributed by atoms with van der Waals surface area (Å²) in [5, 5.41) is 13.4. The summed E-state index contributed by atoms with van der Waals surface area (Å²) in [7, 11) is 0. The van der Waals surface area contributed by atoms with Crippen LogP contribution in [0, 0.1) is 45.6 Å². The number of carbonyl (C=O) groups excluding carboxylic acids is 3. The molecular weight excluding hydrogens is 362 g/mol. The number of hydrogen-bond acceptors (Lipinski definition) is 5. The Labute approximate surface area is 160 Å². The molecule has 28 heavy (non-hydrogen) atoms. The van der Waals surface area contributed by atoms with Gasteiger partial charge in [-0.25, -0.2) is 0 Å². The highest BCUT2D eigenvalue weighted by molar-refractivity contribution is 6.06. The topological polar surface area (TPSA) is 110 Å². The molecule has 1 heterocycles. The van der Waals surface area contributed by atoms with Gasteiger partial charge in [-0.3, -0.25) is 29.4 Å². The van der Waals surface area contributed by atoms with E-state index in [1.54, 1.807) is 6.07 Å². The highest BCUT2D eigenvalue weighted by atomic mass is 16.6. The van der Waals surface area contributed by atoms with Crippen molar-refractivity contribution in [3.63, 3.8) is 0 Å². The number of carbonyl (C=O) groups is 3. The van der Waals surface area contributed by atoms with Gasteiger partial charge in [0.2, 0.25) is 17.7 Å². The molecule has 3 fully saturated rings. The second-order valence-corrected chi connectivity index (χ2v) is 8.09. The van der Waals surface area contributed by atoms with Crippen LogP contribution in [0.25, 0.3) is 0 Å². The van der Waals surface area contributed by atoms with Crippen molar-refractivity contribution in [2.45, 2.75) is 12.8 Å². The Morgan fingerprint density at radius 2 is 1.79 bits per heavy atom. The summed E-state index contributed by atoms with van der Waals surface area (Å²) in [6.07, 6.45) is 5.31. The van der Waals surface area contributed by atoms with Crippen molar-refractivity contribution in [1.82, 2.24) is 4.90 Å². The summed E-state index contributed by atoms with van der Waals surface area (Å²) in [5.74, 6) is 0.221. The van der Waals surface area contributed by atoms with Crippen LogP contribution in [0.3, 0.4) is 0 Å². The molecule has 2 bridgehead atoms. The van der Waals surface area contributed by atoms with Crippen LogP contribution >= 0.6 is 0 Å². The zero-order valence-electron chi connectivity index (χ0n) is 15.0. The maximum Gasteiger partial charge on any atom is 0.271 e. The lowest BCUT2D eigenvalue weighted by Crippen LogP contribution is -2.40. The normalized spacial score (nSPS) is 34.2. The van der Waals surface area contributed by atoms with E-state index < -0.39 is 4.92 Å². The van der Waals surface area contributed by atoms with Crippen LogP contribution in [0.2, 0.25) is 0 Å². The largest absolute Gasteiger partial charge is 0.326 e. The second-order valence-electron chi connectivity index (χ2n) is 8.09. The fraction of sp³-hybridized carbons (Fsp3) is 0.450. The maximum absolute atomic E-state index is 12.9. The fourth-order valence-electron chi connectivity index (χ4n) is 5.37. The van der Waals surface area contributed by atoms with Crippen molar-refractivity contribution in [3.05, 3.63) is 46.5 Å². The molecule has 0 aromatic heterocycles. The molecule has 0 spiro atoms. The van der Waals surface area contributed by atoms with Gasteiger partial charge in [0.25, 0.3) is 5.69 Å².